The monoisotopic (exact) mass is 396 g/mol. The second-order valence-electron chi connectivity index (χ2n) is 9.22. The molecule has 0 aromatic rings. The second-order valence-corrected chi connectivity index (χ2v) is 9.22. The summed E-state index contributed by atoms with van der Waals surface area (Å²) in [4.78, 5) is 32.2. The van der Waals surface area contributed by atoms with Gasteiger partial charge in [0.05, 0.1) is 0 Å². The molecule has 0 radical (unpaired) electrons. The van der Waals surface area contributed by atoms with E-state index < -0.39 is 0 Å². The molecule has 0 aromatic carbocycles. The Labute approximate surface area is 173 Å². The Bertz CT molecular complexity index is 431. The Balaban J connectivity index is 0.000000280. The molecule has 0 spiro atoms. The third-order valence-electron chi connectivity index (χ3n) is 5.70. The summed E-state index contributed by atoms with van der Waals surface area (Å²) in [7, 11) is 0. The molecule has 0 atom stereocenters. The van der Waals surface area contributed by atoms with Gasteiger partial charge >= 0.3 is 0 Å². The molecule has 6 nitrogen and oxygen atoms in total. The van der Waals surface area contributed by atoms with Crippen molar-refractivity contribution in [2.45, 2.75) is 67.5 Å². The lowest BCUT2D eigenvalue weighted by atomic mass is 10.1. The van der Waals surface area contributed by atoms with Gasteiger partial charge in [-0.25, -0.2) is 0 Å². The Hall–Kier alpha value is -1.14. The van der Waals surface area contributed by atoms with Crippen molar-refractivity contribution in [3.63, 3.8) is 0 Å². The fourth-order valence-electron chi connectivity index (χ4n) is 3.65. The molecule has 2 aliphatic heterocycles. The van der Waals surface area contributed by atoms with Gasteiger partial charge in [-0.3, -0.25) is 19.4 Å². The third kappa shape index (κ3) is 7.70. The first-order valence-electron chi connectivity index (χ1n) is 11.1. The number of carbonyl (C=O) groups excluding carboxylic acids is 2. The van der Waals surface area contributed by atoms with Gasteiger partial charge in [0.1, 0.15) is 0 Å². The number of hydrogen-bond acceptors (Lipinski definition) is 4. The zero-order chi connectivity index (χ0) is 21.4. The van der Waals surface area contributed by atoms with Crippen molar-refractivity contribution >= 4 is 11.8 Å². The van der Waals surface area contributed by atoms with Crippen molar-refractivity contribution in [2.75, 3.05) is 52.4 Å². The van der Waals surface area contributed by atoms with Gasteiger partial charge in [0, 0.05) is 76.3 Å². The molecule has 2 fully saturated rings. The standard InChI is InChI=1S/2C11H22N2O/c2*1-9(2)11(14)13-7-5-12(6-8-13)10(3)4/h2*9-10H,5-8H2,1-4H3. The maximum Gasteiger partial charge on any atom is 0.225 e. The summed E-state index contributed by atoms with van der Waals surface area (Å²) in [6, 6.07) is 1.21. The maximum atomic E-state index is 11.7. The van der Waals surface area contributed by atoms with Crippen LogP contribution in [0.3, 0.4) is 0 Å². The van der Waals surface area contributed by atoms with Crippen LogP contribution in [0.5, 0.6) is 0 Å². The summed E-state index contributed by atoms with van der Waals surface area (Å²) in [6.07, 6.45) is 0. The summed E-state index contributed by atoms with van der Waals surface area (Å²) in [6.45, 7) is 24.4. The highest BCUT2D eigenvalue weighted by Gasteiger charge is 2.24. The number of hydrogen-bond donors (Lipinski definition) is 0. The first-order chi connectivity index (χ1) is 13.0. The van der Waals surface area contributed by atoms with E-state index in [4.69, 9.17) is 0 Å². The molecule has 2 rings (SSSR count). The smallest absolute Gasteiger partial charge is 0.225 e. The fraction of sp³-hybridized carbons (Fsp3) is 0.909. The molecule has 2 aliphatic rings. The summed E-state index contributed by atoms with van der Waals surface area (Å²) >= 11 is 0. The van der Waals surface area contributed by atoms with E-state index in [0.29, 0.717) is 23.9 Å². The highest BCUT2D eigenvalue weighted by molar-refractivity contribution is 5.78. The van der Waals surface area contributed by atoms with Crippen molar-refractivity contribution in [1.29, 1.82) is 0 Å². The molecule has 0 aliphatic carbocycles. The van der Waals surface area contributed by atoms with Crippen LogP contribution < -0.4 is 0 Å². The van der Waals surface area contributed by atoms with Crippen LogP contribution in [0, 0.1) is 11.8 Å². The number of nitrogens with zero attached hydrogens (tertiary/aromatic N) is 4. The number of amides is 2. The summed E-state index contributed by atoms with van der Waals surface area (Å²) in [5.74, 6) is 0.878. The van der Waals surface area contributed by atoms with Crippen molar-refractivity contribution in [1.82, 2.24) is 19.6 Å². The summed E-state index contributed by atoms with van der Waals surface area (Å²) in [5.41, 5.74) is 0. The molecule has 0 saturated carbocycles. The Morgan fingerprint density at radius 3 is 0.929 bits per heavy atom. The van der Waals surface area contributed by atoms with Gasteiger partial charge < -0.3 is 9.80 Å². The van der Waals surface area contributed by atoms with Crippen molar-refractivity contribution in [3.05, 3.63) is 0 Å². The molecular formula is C22H44N4O2. The van der Waals surface area contributed by atoms with Crippen LogP contribution in [0.2, 0.25) is 0 Å². The second kappa shape index (κ2) is 11.8. The predicted molar refractivity (Wildman–Crippen MR) is 116 cm³/mol. The first kappa shape index (κ1) is 24.9. The Morgan fingerprint density at radius 2 is 0.750 bits per heavy atom. The van der Waals surface area contributed by atoms with Crippen LogP contribution >= 0.6 is 0 Å². The maximum absolute atomic E-state index is 11.7. The molecule has 164 valence electrons. The summed E-state index contributed by atoms with van der Waals surface area (Å²) < 4.78 is 0. The molecular weight excluding hydrogens is 352 g/mol. The van der Waals surface area contributed by atoms with Gasteiger partial charge in [-0.15, -0.1) is 0 Å². The fourth-order valence-corrected chi connectivity index (χ4v) is 3.65. The van der Waals surface area contributed by atoms with Gasteiger partial charge in [0.2, 0.25) is 11.8 Å². The van der Waals surface area contributed by atoms with Gasteiger partial charge in [-0.1, -0.05) is 27.7 Å². The lowest BCUT2D eigenvalue weighted by Crippen LogP contribution is -2.51. The third-order valence-corrected chi connectivity index (χ3v) is 5.70. The van der Waals surface area contributed by atoms with Gasteiger partial charge in [0.15, 0.2) is 0 Å². The van der Waals surface area contributed by atoms with E-state index in [9.17, 15) is 9.59 Å². The molecule has 28 heavy (non-hydrogen) atoms. The molecule has 6 heteroatoms. The SMILES string of the molecule is CC(C)C(=O)N1CCN(C(C)C)CC1.CC(C)C(=O)N1CCN(C(C)C)CC1. The van der Waals surface area contributed by atoms with Crippen LogP contribution in [0.4, 0.5) is 0 Å². The van der Waals surface area contributed by atoms with Crippen LogP contribution in [0.1, 0.15) is 55.4 Å². The average Bonchev–Trinajstić information content (AvgIpc) is 2.67. The van der Waals surface area contributed by atoms with Gasteiger partial charge in [-0.2, -0.15) is 0 Å². The largest absolute Gasteiger partial charge is 0.340 e. The normalized spacial score (nSPS) is 19.4. The van der Waals surface area contributed by atoms with Crippen molar-refractivity contribution in [3.8, 4) is 0 Å². The van der Waals surface area contributed by atoms with E-state index in [0.717, 1.165) is 52.4 Å². The van der Waals surface area contributed by atoms with Crippen molar-refractivity contribution in [2.24, 2.45) is 11.8 Å². The van der Waals surface area contributed by atoms with Crippen molar-refractivity contribution < 1.29 is 9.59 Å². The molecule has 0 aromatic heterocycles. The van der Waals surface area contributed by atoms with E-state index in [1.54, 1.807) is 0 Å². The van der Waals surface area contributed by atoms with Crippen LogP contribution in [0.25, 0.3) is 0 Å². The topological polar surface area (TPSA) is 47.1 Å². The number of rotatable bonds is 4. The molecule has 2 heterocycles. The lowest BCUT2D eigenvalue weighted by Gasteiger charge is -2.37. The van der Waals surface area contributed by atoms with Gasteiger partial charge in [-0.05, 0) is 27.7 Å². The van der Waals surface area contributed by atoms with E-state index in [1.165, 1.54) is 0 Å². The van der Waals surface area contributed by atoms with E-state index in [-0.39, 0.29) is 11.8 Å². The zero-order valence-corrected chi connectivity index (χ0v) is 19.6. The van der Waals surface area contributed by atoms with E-state index in [2.05, 4.69) is 37.5 Å². The zero-order valence-electron chi connectivity index (χ0n) is 19.6. The van der Waals surface area contributed by atoms with E-state index in [1.807, 2.05) is 37.5 Å². The minimum Gasteiger partial charge on any atom is -0.340 e. The first-order valence-corrected chi connectivity index (χ1v) is 11.1. The molecule has 0 N–H and O–H groups in total. The average molecular weight is 397 g/mol. The number of piperazine rings is 2. The molecule has 2 saturated heterocycles. The molecule has 2 amide bonds. The summed E-state index contributed by atoms with van der Waals surface area (Å²) in [5, 5.41) is 0. The lowest BCUT2D eigenvalue weighted by molar-refractivity contribution is -0.137. The van der Waals surface area contributed by atoms with Crippen LogP contribution in [-0.2, 0) is 9.59 Å². The minimum absolute atomic E-state index is 0.139. The molecule has 0 unspecified atom stereocenters. The minimum atomic E-state index is 0.139. The Morgan fingerprint density at radius 1 is 0.500 bits per heavy atom. The number of carbonyl (C=O) groups is 2. The quantitative estimate of drug-likeness (QED) is 0.732. The van der Waals surface area contributed by atoms with E-state index >= 15 is 0 Å². The highest BCUT2D eigenvalue weighted by atomic mass is 16.2. The van der Waals surface area contributed by atoms with Gasteiger partial charge in [0.25, 0.3) is 0 Å². The van der Waals surface area contributed by atoms with Crippen LogP contribution in [-0.4, -0.2) is 95.9 Å². The Kier molecular flexibility index (Phi) is 10.5. The van der Waals surface area contributed by atoms with Crippen LogP contribution in [0.15, 0.2) is 0 Å². The highest BCUT2D eigenvalue weighted by Crippen LogP contribution is 2.10. The molecule has 0 bridgehead atoms. The predicted octanol–water partition coefficient (Wildman–Crippen LogP) is 2.39.